The summed E-state index contributed by atoms with van der Waals surface area (Å²) in [6.45, 7) is 6.48. The van der Waals surface area contributed by atoms with Gasteiger partial charge in [0.2, 0.25) is 0 Å². The van der Waals surface area contributed by atoms with Crippen LogP contribution in [-0.2, 0) is 0 Å². The van der Waals surface area contributed by atoms with Crippen molar-refractivity contribution in [3.63, 3.8) is 0 Å². The van der Waals surface area contributed by atoms with Crippen LogP contribution in [0.2, 0.25) is 0 Å². The molecular weight excluding hydrogens is 242 g/mol. The highest BCUT2D eigenvalue weighted by atomic mass is 32.1. The number of nitrogens with one attached hydrogen (secondary N) is 2. The first kappa shape index (κ1) is 12.9. The average molecular weight is 261 g/mol. The second-order valence-electron chi connectivity index (χ2n) is 4.39. The van der Waals surface area contributed by atoms with E-state index in [4.69, 9.17) is 0 Å². The van der Waals surface area contributed by atoms with Crippen molar-refractivity contribution in [2.24, 2.45) is 0 Å². The molecule has 3 nitrogen and oxygen atoms in total. The van der Waals surface area contributed by atoms with Gasteiger partial charge in [-0.15, -0.1) is 11.3 Å². The Morgan fingerprint density at radius 1 is 1.22 bits per heavy atom. The molecule has 96 valence electrons. The standard InChI is InChI=1S/C14H19N3S/c1-9-8-12(11(3)18-9)10(2)16-14-7-5-6-13(15-4)17-14/h5-8,10H,1-4H3,(H2,15,16,17). The highest BCUT2D eigenvalue weighted by Gasteiger charge is 2.11. The summed E-state index contributed by atoms with van der Waals surface area (Å²) >= 11 is 1.84. The summed E-state index contributed by atoms with van der Waals surface area (Å²) < 4.78 is 0. The van der Waals surface area contributed by atoms with E-state index >= 15 is 0 Å². The lowest BCUT2D eigenvalue weighted by Crippen LogP contribution is -2.08. The molecule has 2 N–H and O–H groups in total. The number of aromatic nitrogens is 1. The minimum absolute atomic E-state index is 0.273. The van der Waals surface area contributed by atoms with Gasteiger partial charge in [-0.3, -0.25) is 0 Å². The highest BCUT2D eigenvalue weighted by Crippen LogP contribution is 2.28. The van der Waals surface area contributed by atoms with E-state index in [2.05, 4.69) is 42.5 Å². The van der Waals surface area contributed by atoms with Gasteiger partial charge in [0.25, 0.3) is 0 Å². The summed E-state index contributed by atoms with van der Waals surface area (Å²) in [5.41, 5.74) is 1.36. The molecule has 0 aliphatic rings. The summed E-state index contributed by atoms with van der Waals surface area (Å²) in [4.78, 5) is 7.20. The van der Waals surface area contributed by atoms with Crippen LogP contribution in [0.15, 0.2) is 24.3 Å². The van der Waals surface area contributed by atoms with E-state index in [9.17, 15) is 0 Å². The maximum absolute atomic E-state index is 4.47. The summed E-state index contributed by atoms with van der Waals surface area (Å²) in [6, 6.07) is 8.47. The zero-order chi connectivity index (χ0) is 13.1. The maximum Gasteiger partial charge on any atom is 0.128 e. The number of aryl methyl sites for hydroxylation is 2. The van der Waals surface area contributed by atoms with Gasteiger partial charge < -0.3 is 10.6 Å². The summed E-state index contributed by atoms with van der Waals surface area (Å²) in [5, 5.41) is 6.49. The molecule has 0 aliphatic carbocycles. The molecule has 1 atom stereocenters. The Labute approximate surface area is 112 Å². The molecule has 2 heterocycles. The molecule has 0 fully saturated rings. The molecule has 0 radical (unpaired) electrons. The van der Waals surface area contributed by atoms with Gasteiger partial charge in [-0.2, -0.15) is 0 Å². The Hall–Kier alpha value is -1.55. The van der Waals surface area contributed by atoms with Crippen LogP contribution in [0.25, 0.3) is 0 Å². The van der Waals surface area contributed by atoms with Crippen molar-refractivity contribution in [3.8, 4) is 0 Å². The lowest BCUT2D eigenvalue weighted by molar-refractivity contribution is 0.872. The smallest absolute Gasteiger partial charge is 0.128 e. The van der Waals surface area contributed by atoms with Crippen molar-refractivity contribution in [2.75, 3.05) is 17.7 Å². The second kappa shape index (κ2) is 5.40. The van der Waals surface area contributed by atoms with Gasteiger partial charge in [-0.05, 0) is 44.5 Å². The predicted octanol–water partition coefficient (Wildman–Crippen LogP) is 3.97. The molecule has 0 saturated heterocycles. The Morgan fingerprint density at radius 3 is 2.56 bits per heavy atom. The Kier molecular flexibility index (Phi) is 3.87. The topological polar surface area (TPSA) is 37.0 Å². The molecule has 0 amide bonds. The van der Waals surface area contributed by atoms with Crippen LogP contribution in [0.4, 0.5) is 11.6 Å². The molecule has 0 bridgehead atoms. The van der Waals surface area contributed by atoms with E-state index in [1.807, 2.05) is 36.6 Å². The van der Waals surface area contributed by atoms with Gasteiger partial charge in [0.05, 0.1) is 6.04 Å². The molecule has 1 unspecified atom stereocenters. The summed E-state index contributed by atoms with van der Waals surface area (Å²) in [6.07, 6.45) is 0. The van der Waals surface area contributed by atoms with Gasteiger partial charge in [0, 0.05) is 16.8 Å². The number of nitrogens with zero attached hydrogens (tertiary/aromatic N) is 1. The van der Waals surface area contributed by atoms with Crippen LogP contribution < -0.4 is 10.6 Å². The molecule has 2 aromatic heterocycles. The largest absolute Gasteiger partial charge is 0.373 e. The quantitative estimate of drug-likeness (QED) is 0.874. The first-order valence-corrected chi connectivity index (χ1v) is 6.90. The average Bonchev–Trinajstić information content (AvgIpc) is 2.69. The molecule has 0 saturated carbocycles. The number of rotatable bonds is 4. The predicted molar refractivity (Wildman–Crippen MR) is 79.6 cm³/mol. The van der Waals surface area contributed by atoms with E-state index in [0.29, 0.717) is 0 Å². The SMILES string of the molecule is CNc1cccc(NC(C)c2cc(C)sc2C)n1. The zero-order valence-corrected chi connectivity index (χ0v) is 12.1. The normalized spacial score (nSPS) is 12.2. The van der Waals surface area contributed by atoms with Gasteiger partial charge in [0.15, 0.2) is 0 Å². The molecular formula is C14H19N3S. The molecule has 2 rings (SSSR count). The van der Waals surface area contributed by atoms with E-state index in [1.165, 1.54) is 15.3 Å². The van der Waals surface area contributed by atoms with Crippen LogP contribution in [-0.4, -0.2) is 12.0 Å². The molecule has 18 heavy (non-hydrogen) atoms. The molecule has 0 spiro atoms. The van der Waals surface area contributed by atoms with Crippen molar-refractivity contribution in [1.29, 1.82) is 0 Å². The summed E-state index contributed by atoms with van der Waals surface area (Å²) in [5.74, 6) is 1.78. The zero-order valence-electron chi connectivity index (χ0n) is 11.2. The lowest BCUT2D eigenvalue weighted by Gasteiger charge is -2.15. The fourth-order valence-corrected chi connectivity index (χ4v) is 3.06. The van der Waals surface area contributed by atoms with E-state index in [0.717, 1.165) is 11.6 Å². The van der Waals surface area contributed by atoms with Crippen LogP contribution in [0.5, 0.6) is 0 Å². The lowest BCUT2D eigenvalue weighted by atomic mass is 10.1. The Bertz CT molecular complexity index is 534. The van der Waals surface area contributed by atoms with E-state index in [-0.39, 0.29) is 6.04 Å². The third kappa shape index (κ3) is 2.82. The number of hydrogen-bond acceptors (Lipinski definition) is 4. The van der Waals surface area contributed by atoms with Crippen molar-refractivity contribution >= 4 is 23.0 Å². The van der Waals surface area contributed by atoms with Gasteiger partial charge in [-0.1, -0.05) is 6.07 Å². The fourth-order valence-electron chi connectivity index (χ4n) is 2.03. The van der Waals surface area contributed by atoms with E-state index < -0.39 is 0 Å². The summed E-state index contributed by atoms with van der Waals surface area (Å²) in [7, 11) is 1.88. The Morgan fingerprint density at radius 2 is 1.94 bits per heavy atom. The van der Waals surface area contributed by atoms with E-state index in [1.54, 1.807) is 0 Å². The van der Waals surface area contributed by atoms with Gasteiger partial charge >= 0.3 is 0 Å². The van der Waals surface area contributed by atoms with Crippen LogP contribution in [0.1, 0.15) is 28.3 Å². The molecule has 0 aliphatic heterocycles. The van der Waals surface area contributed by atoms with Crippen molar-refractivity contribution in [1.82, 2.24) is 4.98 Å². The third-order valence-corrected chi connectivity index (χ3v) is 3.90. The molecule has 0 aromatic carbocycles. The molecule has 2 aromatic rings. The number of thiophene rings is 1. The highest BCUT2D eigenvalue weighted by molar-refractivity contribution is 7.12. The van der Waals surface area contributed by atoms with Crippen molar-refractivity contribution < 1.29 is 0 Å². The minimum atomic E-state index is 0.273. The monoisotopic (exact) mass is 261 g/mol. The van der Waals surface area contributed by atoms with Crippen LogP contribution >= 0.6 is 11.3 Å². The van der Waals surface area contributed by atoms with Crippen LogP contribution in [0, 0.1) is 13.8 Å². The number of pyridine rings is 1. The fraction of sp³-hybridized carbons (Fsp3) is 0.357. The maximum atomic E-state index is 4.47. The number of anilines is 2. The Balaban J connectivity index is 2.15. The van der Waals surface area contributed by atoms with Crippen LogP contribution in [0.3, 0.4) is 0 Å². The first-order valence-electron chi connectivity index (χ1n) is 6.08. The van der Waals surface area contributed by atoms with Crippen molar-refractivity contribution in [3.05, 3.63) is 39.6 Å². The third-order valence-electron chi connectivity index (χ3n) is 2.92. The number of hydrogen-bond donors (Lipinski definition) is 2. The first-order chi connectivity index (χ1) is 8.60. The van der Waals surface area contributed by atoms with Gasteiger partial charge in [0.1, 0.15) is 11.6 Å². The van der Waals surface area contributed by atoms with Gasteiger partial charge in [-0.25, -0.2) is 4.98 Å². The second-order valence-corrected chi connectivity index (χ2v) is 5.85. The molecule has 4 heteroatoms. The van der Waals surface area contributed by atoms with Crippen molar-refractivity contribution in [2.45, 2.75) is 26.8 Å². The minimum Gasteiger partial charge on any atom is -0.373 e.